The summed E-state index contributed by atoms with van der Waals surface area (Å²) in [5, 5.41) is 22.0. The van der Waals surface area contributed by atoms with Crippen LogP contribution in [-0.2, 0) is 57.0 Å². The first-order chi connectivity index (χ1) is 24.6. The Bertz CT molecular complexity index is 1320. The van der Waals surface area contributed by atoms with E-state index in [0.717, 1.165) is 0 Å². The van der Waals surface area contributed by atoms with E-state index in [4.69, 9.17) is 47.4 Å². The van der Waals surface area contributed by atoms with Gasteiger partial charge in [0.25, 0.3) is 0 Å². The highest BCUT2D eigenvalue weighted by atomic mass is 16.8. The summed E-state index contributed by atoms with van der Waals surface area (Å²) in [6.45, 7) is 12.6. The van der Waals surface area contributed by atoms with E-state index >= 15 is 0 Å². The summed E-state index contributed by atoms with van der Waals surface area (Å²) in [5.41, 5.74) is -1.35. The lowest BCUT2D eigenvalue weighted by atomic mass is 9.82. The minimum absolute atomic E-state index is 0.0493. The van der Waals surface area contributed by atoms with Crippen molar-refractivity contribution in [1.29, 1.82) is 0 Å². The van der Waals surface area contributed by atoms with Crippen molar-refractivity contribution in [3.05, 3.63) is 24.3 Å². The van der Waals surface area contributed by atoms with Crippen LogP contribution in [0.5, 0.6) is 0 Å². The molecule has 9 unspecified atom stereocenters. The molecule has 0 radical (unpaired) electrons. The van der Waals surface area contributed by atoms with Crippen LogP contribution >= 0.6 is 0 Å². The average molecular weight is 741 g/mol. The van der Waals surface area contributed by atoms with Crippen molar-refractivity contribution in [3.8, 4) is 0 Å². The molecule has 5 heterocycles. The molecule has 5 rings (SSSR count). The zero-order valence-electron chi connectivity index (χ0n) is 31.4. The highest BCUT2D eigenvalue weighted by molar-refractivity contribution is 5.91. The van der Waals surface area contributed by atoms with E-state index in [1.807, 2.05) is 20.8 Å². The molecule has 0 aromatic rings. The monoisotopic (exact) mass is 740 g/mol. The number of esters is 1. The molecule has 294 valence electrons. The lowest BCUT2D eigenvalue weighted by molar-refractivity contribution is -0.308. The molecule has 4 saturated heterocycles. The lowest BCUT2D eigenvalue weighted by Crippen LogP contribution is -2.62. The van der Waals surface area contributed by atoms with Gasteiger partial charge in [0.1, 0.15) is 42.7 Å². The summed E-state index contributed by atoms with van der Waals surface area (Å²) in [7, 11) is 2.96. The van der Waals surface area contributed by atoms with Gasteiger partial charge in [0.2, 0.25) is 0 Å². The Balaban J connectivity index is 1.34. The second-order valence-electron chi connectivity index (χ2n) is 15.0. The van der Waals surface area contributed by atoms with Crippen molar-refractivity contribution in [2.75, 3.05) is 20.8 Å². The number of rotatable bonds is 7. The molecular formula is C37H56O15. The first-order valence-electron chi connectivity index (χ1n) is 18.3. The largest absolute Gasteiger partial charge is 0.509 e. The Labute approximate surface area is 305 Å². The fourth-order valence-corrected chi connectivity index (χ4v) is 7.99. The summed E-state index contributed by atoms with van der Waals surface area (Å²) in [6, 6.07) is 0. The standard InChI is InChI=1S/C37H56O15/c1-17-10-13-27(39)47-21(5)24(16-45-34-32(44-9)31(43-8)28(40)22(6)48-34)30-26(50-30)12-11-25(38)18(2)14-19(3)29(17)51-35-33(41)37(15-20(4)46-35)23(7)49-36(42)52-37/h10-13,17-24,26,28-35,40-41H,14-16H2,1-9H3/b12-11+,13-10+/t17?,18?,19?,20-,21?,22-,23?,24?,26?,28-,29?,30?,31-,32-,33+,34-,35+,37+/m1/s1. The van der Waals surface area contributed by atoms with Crippen LogP contribution in [0.25, 0.3) is 0 Å². The molecule has 0 aromatic heterocycles. The predicted octanol–water partition coefficient (Wildman–Crippen LogP) is 2.62. The zero-order valence-corrected chi connectivity index (χ0v) is 31.4. The third kappa shape index (κ3) is 8.74. The number of carbonyl (C=O) groups excluding carboxylic acids is 3. The molecule has 1 spiro atoms. The Morgan fingerprint density at radius 3 is 2.19 bits per heavy atom. The van der Waals surface area contributed by atoms with Gasteiger partial charge in [-0.15, -0.1) is 0 Å². The maximum Gasteiger partial charge on any atom is 0.509 e. The molecule has 0 saturated carbocycles. The Morgan fingerprint density at radius 2 is 1.54 bits per heavy atom. The fraction of sp³-hybridized carbons (Fsp3) is 0.811. The van der Waals surface area contributed by atoms with Gasteiger partial charge >= 0.3 is 12.1 Å². The minimum atomic E-state index is -1.36. The lowest BCUT2D eigenvalue weighted by Gasteiger charge is -2.46. The maximum absolute atomic E-state index is 13.4. The van der Waals surface area contributed by atoms with Crippen molar-refractivity contribution in [1.82, 2.24) is 0 Å². The number of methoxy groups -OCH3 is 2. The molecule has 0 aromatic carbocycles. The zero-order chi connectivity index (χ0) is 38.1. The number of aliphatic hydroxyl groups is 2. The van der Waals surface area contributed by atoms with Crippen LogP contribution < -0.4 is 0 Å². The van der Waals surface area contributed by atoms with E-state index in [9.17, 15) is 24.6 Å². The highest BCUT2D eigenvalue weighted by Crippen LogP contribution is 2.42. The topological polar surface area (TPSA) is 187 Å². The number of cyclic esters (lactones) is 2. The summed E-state index contributed by atoms with van der Waals surface area (Å²) >= 11 is 0. The second-order valence-corrected chi connectivity index (χ2v) is 15.0. The SMILES string of the molecule is CO[C@@H]1[C@H](O)[C@@H](C)O[C@@H](OCC2C(C)OC(=O)/C=C/C(C)C(O[C@@H]3O[C@H](C)C[C@@]4(OC(=O)OC4C)[C@H]3O)C(C)CC(C)C(=O)/C=C/C3OC32)[C@@H]1OC. The van der Waals surface area contributed by atoms with E-state index < -0.39 is 115 Å². The first kappa shape index (κ1) is 40.7. The van der Waals surface area contributed by atoms with Gasteiger partial charge in [-0.05, 0) is 52.2 Å². The van der Waals surface area contributed by atoms with Crippen LogP contribution in [0.2, 0.25) is 0 Å². The van der Waals surface area contributed by atoms with Gasteiger partial charge in [0, 0.05) is 44.5 Å². The van der Waals surface area contributed by atoms with E-state index in [0.29, 0.717) is 6.42 Å². The molecular weight excluding hydrogens is 684 g/mol. The van der Waals surface area contributed by atoms with E-state index in [1.54, 1.807) is 39.8 Å². The summed E-state index contributed by atoms with van der Waals surface area (Å²) in [5.74, 6) is -2.20. The molecule has 2 N–H and O–H groups in total. The first-order valence-corrected chi connectivity index (χ1v) is 18.3. The highest BCUT2D eigenvalue weighted by Gasteiger charge is 2.61. The van der Waals surface area contributed by atoms with Crippen molar-refractivity contribution < 1.29 is 72.0 Å². The van der Waals surface area contributed by atoms with Crippen molar-refractivity contribution in [3.63, 3.8) is 0 Å². The Kier molecular flexibility index (Phi) is 13.2. The smallest absolute Gasteiger partial charge is 0.459 e. The van der Waals surface area contributed by atoms with Crippen LogP contribution in [0.15, 0.2) is 24.3 Å². The van der Waals surface area contributed by atoms with E-state index in [1.165, 1.54) is 26.4 Å². The number of hydrogen-bond donors (Lipinski definition) is 2. The van der Waals surface area contributed by atoms with Gasteiger partial charge in [-0.25, -0.2) is 9.59 Å². The van der Waals surface area contributed by atoms with Gasteiger partial charge < -0.3 is 57.6 Å². The number of hydrogen-bond acceptors (Lipinski definition) is 15. The number of ketones is 1. The fourth-order valence-electron chi connectivity index (χ4n) is 7.99. The molecule has 0 amide bonds. The summed E-state index contributed by atoms with van der Waals surface area (Å²) < 4.78 is 58.3. The molecule has 52 heavy (non-hydrogen) atoms. The van der Waals surface area contributed by atoms with Gasteiger partial charge in [-0.1, -0.05) is 26.8 Å². The third-order valence-corrected chi connectivity index (χ3v) is 11.2. The molecule has 5 aliphatic rings. The number of fused-ring (bicyclic) bond motifs is 1. The Morgan fingerprint density at radius 1 is 0.827 bits per heavy atom. The summed E-state index contributed by atoms with van der Waals surface area (Å²) in [4.78, 5) is 38.7. The number of allylic oxidation sites excluding steroid dienone is 1. The quantitative estimate of drug-likeness (QED) is 0.286. The van der Waals surface area contributed by atoms with Crippen LogP contribution in [0.1, 0.15) is 61.3 Å². The Hall–Kier alpha value is -2.47. The minimum Gasteiger partial charge on any atom is -0.459 e. The average Bonchev–Trinajstić information content (AvgIpc) is 3.79. The molecule has 18 atom stereocenters. The number of aliphatic hydroxyl groups excluding tert-OH is 2. The number of epoxide rings is 1. The third-order valence-electron chi connectivity index (χ3n) is 11.2. The summed E-state index contributed by atoms with van der Waals surface area (Å²) in [6.07, 6.45) is -3.65. The molecule has 0 aliphatic carbocycles. The molecule has 15 heteroatoms. The van der Waals surface area contributed by atoms with Crippen LogP contribution in [0.4, 0.5) is 4.79 Å². The van der Waals surface area contributed by atoms with Crippen LogP contribution in [0, 0.1) is 23.7 Å². The second kappa shape index (κ2) is 16.9. The van der Waals surface area contributed by atoms with Crippen molar-refractivity contribution in [2.24, 2.45) is 23.7 Å². The molecule has 5 aliphatic heterocycles. The van der Waals surface area contributed by atoms with Crippen molar-refractivity contribution >= 4 is 17.9 Å². The number of carbonyl (C=O) groups is 3. The molecule has 0 bridgehead atoms. The van der Waals surface area contributed by atoms with Crippen molar-refractivity contribution in [2.45, 2.75) is 147 Å². The normalized spacial score (nSPS) is 48.7. The van der Waals surface area contributed by atoms with Crippen LogP contribution in [-0.4, -0.2) is 134 Å². The molecule has 15 nitrogen and oxygen atoms in total. The molecule has 4 fully saturated rings. The van der Waals surface area contributed by atoms with Crippen LogP contribution in [0.3, 0.4) is 0 Å². The predicted molar refractivity (Wildman–Crippen MR) is 181 cm³/mol. The van der Waals surface area contributed by atoms with Gasteiger partial charge in [0.05, 0.1) is 31.0 Å². The van der Waals surface area contributed by atoms with Gasteiger partial charge in [-0.3, -0.25) is 4.79 Å². The van der Waals surface area contributed by atoms with Gasteiger partial charge in [-0.2, -0.15) is 0 Å². The number of ether oxygens (including phenoxy) is 10. The maximum atomic E-state index is 13.4. The van der Waals surface area contributed by atoms with E-state index in [2.05, 4.69) is 0 Å². The van der Waals surface area contributed by atoms with E-state index in [-0.39, 0.29) is 24.7 Å². The van der Waals surface area contributed by atoms with Gasteiger partial charge in [0.15, 0.2) is 24.0 Å².